The van der Waals surface area contributed by atoms with Crippen molar-refractivity contribution >= 4 is 33.6 Å². The number of benzene rings is 1. The molecule has 1 N–H and O–H groups in total. The SMILES string of the molecule is COC[C@H](C)NC(=O)CSCc1ccccc1Br. The zero-order valence-electron chi connectivity index (χ0n) is 10.6. The van der Waals surface area contributed by atoms with Gasteiger partial charge in [-0.15, -0.1) is 11.8 Å². The van der Waals surface area contributed by atoms with Gasteiger partial charge in [-0.25, -0.2) is 0 Å². The van der Waals surface area contributed by atoms with E-state index in [-0.39, 0.29) is 11.9 Å². The highest BCUT2D eigenvalue weighted by Gasteiger charge is 2.07. The Morgan fingerprint density at radius 1 is 1.50 bits per heavy atom. The first-order valence-corrected chi connectivity index (χ1v) is 7.67. The molecule has 0 spiro atoms. The molecular weight excluding hydrogens is 314 g/mol. The third-order valence-electron chi connectivity index (χ3n) is 2.27. The Labute approximate surface area is 121 Å². The molecule has 3 nitrogen and oxygen atoms in total. The standard InChI is InChI=1S/C13H18BrNO2S/c1-10(7-17-2)15-13(16)9-18-8-11-5-3-4-6-12(11)14/h3-6,10H,7-9H2,1-2H3,(H,15,16)/t10-/m0/s1. The lowest BCUT2D eigenvalue weighted by Gasteiger charge is -2.12. The van der Waals surface area contributed by atoms with Crippen molar-refractivity contribution in [3.05, 3.63) is 34.3 Å². The highest BCUT2D eigenvalue weighted by Crippen LogP contribution is 2.20. The number of thioether (sulfide) groups is 1. The minimum Gasteiger partial charge on any atom is -0.383 e. The van der Waals surface area contributed by atoms with Crippen molar-refractivity contribution < 1.29 is 9.53 Å². The highest BCUT2D eigenvalue weighted by molar-refractivity contribution is 9.10. The summed E-state index contributed by atoms with van der Waals surface area (Å²) in [5, 5.41) is 2.89. The molecule has 0 unspecified atom stereocenters. The van der Waals surface area contributed by atoms with Crippen molar-refractivity contribution in [3.8, 4) is 0 Å². The normalized spacial score (nSPS) is 12.2. The van der Waals surface area contributed by atoms with E-state index in [0.717, 1.165) is 10.2 Å². The second kappa shape index (κ2) is 8.56. The Bertz CT molecular complexity index is 387. The monoisotopic (exact) mass is 331 g/mol. The molecule has 0 heterocycles. The number of amides is 1. The number of halogens is 1. The quantitative estimate of drug-likeness (QED) is 0.834. The van der Waals surface area contributed by atoms with Gasteiger partial charge in [0.05, 0.1) is 12.4 Å². The van der Waals surface area contributed by atoms with Crippen LogP contribution in [0.15, 0.2) is 28.7 Å². The summed E-state index contributed by atoms with van der Waals surface area (Å²) in [4.78, 5) is 11.6. The number of nitrogens with one attached hydrogen (secondary N) is 1. The van der Waals surface area contributed by atoms with Crippen molar-refractivity contribution in [2.45, 2.75) is 18.7 Å². The van der Waals surface area contributed by atoms with Gasteiger partial charge in [0.15, 0.2) is 0 Å². The second-order valence-corrected chi connectivity index (χ2v) is 5.85. The molecule has 0 aromatic heterocycles. The summed E-state index contributed by atoms with van der Waals surface area (Å²) in [6, 6.07) is 8.12. The number of methoxy groups -OCH3 is 1. The first-order chi connectivity index (χ1) is 8.63. The smallest absolute Gasteiger partial charge is 0.230 e. The Hall–Kier alpha value is -0.520. The van der Waals surface area contributed by atoms with E-state index in [1.165, 1.54) is 5.56 Å². The van der Waals surface area contributed by atoms with Gasteiger partial charge in [-0.3, -0.25) is 4.79 Å². The van der Waals surface area contributed by atoms with E-state index in [9.17, 15) is 4.79 Å². The fraction of sp³-hybridized carbons (Fsp3) is 0.462. The number of ether oxygens (including phenoxy) is 1. The highest BCUT2D eigenvalue weighted by atomic mass is 79.9. The van der Waals surface area contributed by atoms with Crippen LogP contribution < -0.4 is 5.32 Å². The van der Waals surface area contributed by atoms with Gasteiger partial charge in [0, 0.05) is 23.4 Å². The Balaban J connectivity index is 2.25. The average molecular weight is 332 g/mol. The molecule has 0 aliphatic rings. The fourth-order valence-electron chi connectivity index (χ4n) is 1.48. The molecule has 1 atom stereocenters. The summed E-state index contributed by atoms with van der Waals surface area (Å²) in [6.45, 7) is 2.47. The molecule has 5 heteroatoms. The minimum absolute atomic E-state index is 0.0524. The summed E-state index contributed by atoms with van der Waals surface area (Å²) in [5.41, 5.74) is 1.21. The minimum atomic E-state index is 0.0524. The predicted octanol–water partition coefficient (Wildman–Crippen LogP) is 2.83. The second-order valence-electron chi connectivity index (χ2n) is 4.01. The van der Waals surface area contributed by atoms with Crippen LogP contribution in [0.4, 0.5) is 0 Å². The van der Waals surface area contributed by atoms with Crippen LogP contribution in [0.2, 0.25) is 0 Å². The maximum atomic E-state index is 11.6. The van der Waals surface area contributed by atoms with Crippen LogP contribution in [0.1, 0.15) is 12.5 Å². The lowest BCUT2D eigenvalue weighted by Crippen LogP contribution is -2.36. The lowest BCUT2D eigenvalue weighted by molar-refractivity contribution is -0.119. The van der Waals surface area contributed by atoms with Gasteiger partial charge in [-0.1, -0.05) is 34.1 Å². The van der Waals surface area contributed by atoms with Crippen molar-refractivity contribution in [2.24, 2.45) is 0 Å². The van der Waals surface area contributed by atoms with Gasteiger partial charge in [0.2, 0.25) is 5.91 Å². The summed E-state index contributed by atoms with van der Waals surface area (Å²) < 4.78 is 6.05. The van der Waals surface area contributed by atoms with Crippen LogP contribution in [-0.2, 0) is 15.3 Å². The molecule has 0 saturated carbocycles. The number of carbonyl (C=O) groups is 1. The van der Waals surface area contributed by atoms with E-state index in [1.54, 1.807) is 18.9 Å². The fourth-order valence-corrected chi connectivity index (χ4v) is 2.93. The van der Waals surface area contributed by atoms with Gasteiger partial charge < -0.3 is 10.1 Å². The predicted molar refractivity (Wildman–Crippen MR) is 79.8 cm³/mol. The summed E-state index contributed by atoms with van der Waals surface area (Å²) in [6.07, 6.45) is 0. The van der Waals surface area contributed by atoms with Crippen LogP contribution in [0.3, 0.4) is 0 Å². The molecule has 18 heavy (non-hydrogen) atoms. The molecule has 0 radical (unpaired) electrons. The number of hydrogen-bond acceptors (Lipinski definition) is 3. The van der Waals surface area contributed by atoms with Crippen LogP contribution in [0.25, 0.3) is 0 Å². The van der Waals surface area contributed by atoms with Crippen molar-refractivity contribution in [1.82, 2.24) is 5.32 Å². The van der Waals surface area contributed by atoms with E-state index in [2.05, 4.69) is 27.3 Å². The number of rotatable bonds is 7. The summed E-state index contributed by atoms with van der Waals surface area (Å²) in [7, 11) is 1.63. The molecule has 0 saturated heterocycles. The molecule has 1 aromatic carbocycles. The molecule has 1 amide bonds. The number of carbonyl (C=O) groups excluding carboxylic acids is 1. The Kier molecular flexibility index (Phi) is 7.39. The maximum Gasteiger partial charge on any atom is 0.230 e. The molecule has 0 fully saturated rings. The van der Waals surface area contributed by atoms with Crippen molar-refractivity contribution in [2.75, 3.05) is 19.5 Å². The first-order valence-electron chi connectivity index (χ1n) is 5.73. The average Bonchev–Trinajstić information content (AvgIpc) is 2.31. The maximum absolute atomic E-state index is 11.6. The zero-order valence-corrected chi connectivity index (χ0v) is 13.0. The number of hydrogen-bond donors (Lipinski definition) is 1. The lowest BCUT2D eigenvalue weighted by atomic mass is 10.2. The van der Waals surface area contributed by atoms with E-state index in [4.69, 9.17) is 4.74 Å². The van der Waals surface area contributed by atoms with E-state index < -0.39 is 0 Å². The molecule has 1 rings (SSSR count). The van der Waals surface area contributed by atoms with Gasteiger partial charge in [-0.05, 0) is 18.6 Å². The van der Waals surface area contributed by atoms with Gasteiger partial charge >= 0.3 is 0 Å². The van der Waals surface area contributed by atoms with E-state index in [0.29, 0.717) is 12.4 Å². The molecular formula is C13H18BrNO2S. The largest absolute Gasteiger partial charge is 0.383 e. The topological polar surface area (TPSA) is 38.3 Å². The molecule has 1 aromatic rings. The van der Waals surface area contributed by atoms with Crippen LogP contribution >= 0.6 is 27.7 Å². The zero-order chi connectivity index (χ0) is 13.4. The summed E-state index contributed by atoms with van der Waals surface area (Å²) >= 11 is 5.10. The molecule has 0 bridgehead atoms. The summed E-state index contributed by atoms with van der Waals surface area (Å²) in [5.74, 6) is 1.35. The van der Waals surface area contributed by atoms with Crippen molar-refractivity contribution in [3.63, 3.8) is 0 Å². The first kappa shape index (κ1) is 15.5. The third-order valence-corrected chi connectivity index (χ3v) is 4.03. The van der Waals surface area contributed by atoms with Crippen molar-refractivity contribution in [1.29, 1.82) is 0 Å². The van der Waals surface area contributed by atoms with Crippen LogP contribution in [-0.4, -0.2) is 31.4 Å². The van der Waals surface area contributed by atoms with Crippen LogP contribution in [0, 0.1) is 0 Å². The molecule has 100 valence electrons. The third kappa shape index (κ3) is 5.89. The van der Waals surface area contributed by atoms with Crippen LogP contribution in [0.5, 0.6) is 0 Å². The van der Waals surface area contributed by atoms with E-state index >= 15 is 0 Å². The van der Waals surface area contributed by atoms with E-state index in [1.807, 2.05) is 25.1 Å². The molecule has 0 aliphatic carbocycles. The van der Waals surface area contributed by atoms with Gasteiger partial charge in [0.1, 0.15) is 0 Å². The van der Waals surface area contributed by atoms with Gasteiger partial charge in [-0.2, -0.15) is 0 Å². The Morgan fingerprint density at radius 2 is 2.22 bits per heavy atom. The molecule has 0 aliphatic heterocycles. The van der Waals surface area contributed by atoms with Gasteiger partial charge in [0.25, 0.3) is 0 Å². The Morgan fingerprint density at radius 3 is 2.89 bits per heavy atom.